The van der Waals surface area contributed by atoms with Crippen LogP contribution in [0.5, 0.6) is 0 Å². The Hall–Kier alpha value is -1.18. The summed E-state index contributed by atoms with van der Waals surface area (Å²) < 4.78 is 0.685. The number of nitrogen functional groups attached to an aromatic ring is 1. The quantitative estimate of drug-likeness (QED) is 0.559. The van der Waals surface area contributed by atoms with Crippen molar-refractivity contribution in [2.24, 2.45) is 5.84 Å². The number of hydrogen-bond acceptors (Lipinski definition) is 5. The number of nitrogens with two attached hydrogens (primary N) is 1. The molecule has 0 aliphatic heterocycles. The molecule has 0 saturated heterocycles. The van der Waals surface area contributed by atoms with Gasteiger partial charge in [-0.2, -0.15) is 0 Å². The molecule has 0 bridgehead atoms. The van der Waals surface area contributed by atoms with Crippen LogP contribution >= 0.6 is 15.9 Å². The van der Waals surface area contributed by atoms with Crippen molar-refractivity contribution in [2.75, 3.05) is 19.0 Å². The molecule has 1 atom stereocenters. The predicted molar refractivity (Wildman–Crippen MR) is 68.4 cm³/mol. The van der Waals surface area contributed by atoms with E-state index < -0.39 is 6.10 Å². The number of aliphatic hydroxyl groups is 1. The van der Waals surface area contributed by atoms with Crippen molar-refractivity contribution in [1.29, 1.82) is 0 Å². The minimum atomic E-state index is -0.585. The van der Waals surface area contributed by atoms with Gasteiger partial charge < -0.3 is 15.4 Å². The van der Waals surface area contributed by atoms with E-state index in [1.807, 2.05) is 0 Å². The zero-order valence-electron chi connectivity index (χ0n) is 9.64. The lowest BCUT2D eigenvalue weighted by atomic mass is 10.2. The Bertz CT molecular complexity index is 411. The molecule has 6 nitrogen and oxygen atoms in total. The Morgan fingerprint density at radius 3 is 2.94 bits per heavy atom. The van der Waals surface area contributed by atoms with Crippen molar-refractivity contribution in [3.63, 3.8) is 0 Å². The van der Waals surface area contributed by atoms with Gasteiger partial charge in [0.1, 0.15) is 0 Å². The second kappa shape index (κ2) is 5.95. The van der Waals surface area contributed by atoms with Crippen molar-refractivity contribution < 1.29 is 9.90 Å². The highest BCUT2D eigenvalue weighted by molar-refractivity contribution is 9.10. The second-order valence-corrected chi connectivity index (χ2v) is 4.64. The van der Waals surface area contributed by atoms with Gasteiger partial charge in [-0.05, 0) is 28.9 Å². The number of carbonyl (C=O) groups excluding carboxylic acids is 1. The summed E-state index contributed by atoms with van der Waals surface area (Å²) in [5, 5.41) is 9.24. The normalized spacial score (nSPS) is 12.1. The Morgan fingerprint density at radius 1 is 1.76 bits per heavy atom. The number of nitrogens with zero attached hydrogens (tertiary/aromatic N) is 2. The molecular weight excluding hydrogens is 288 g/mol. The number of hydrazine groups is 1. The second-order valence-electron chi connectivity index (χ2n) is 3.73. The van der Waals surface area contributed by atoms with Crippen molar-refractivity contribution in [3.05, 3.63) is 22.3 Å². The van der Waals surface area contributed by atoms with Crippen molar-refractivity contribution in [2.45, 2.75) is 13.0 Å². The molecule has 0 saturated carbocycles. The van der Waals surface area contributed by atoms with Crippen LogP contribution in [0.25, 0.3) is 0 Å². The van der Waals surface area contributed by atoms with Gasteiger partial charge >= 0.3 is 0 Å². The first-order valence-corrected chi connectivity index (χ1v) is 5.80. The number of aliphatic hydroxyl groups excluding tert-OH is 1. The summed E-state index contributed by atoms with van der Waals surface area (Å²) in [5.41, 5.74) is 2.72. The fourth-order valence-electron chi connectivity index (χ4n) is 1.40. The number of halogens is 1. The minimum Gasteiger partial charge on any atom is -0.392 e. The maximum atomic E-state index is 12.1. The number of amides is 1. The van der Waals surface area contributed by atoms with Crippen molar-refractivity contribution in [3.8, 4) is 0 Å². The monoisotopic (exact) mass is 302 g/mol. The lowest BCUT2D eigenvalue weighted by Crippen LogP contribution is -2.33. The van der Waals surface area contributed by atoms with E-state index in [-0.39, 0.29) is 12.5 Å². The van der Waals surface area contributed by atoms with Crippen LogP contribution in [0, 0.1) is 0 Å². The first-order valence-electron chi connectivity index (χ1n) is 5.01. The zero-order valence-corrected chi connectivity index (χ0v) is 11.2. The Morgan fingerprint density at radius 2 is 2.41 bits per heavy atom. The smallest absolute Gasteiger partial charge is 0.257 e. The van der Waals surface area contributed by atoms with Gasteiger partial charge in [-0.1, -0.05) is 0 Å². The SMILES string of the molecule is CC(O)CN(C)C(=O)c1cc(Br)cnc1NN. The van der Waals surface area contributed by atoms with Crippen LogP contribution in [-0.4, -0.2) is 40.6 Å². The molecule has 1 rings (SSSR count). The van der Waals surface area contributed by atoms with Gasteiger partial charge in [0, 0.05) is 24.3 Å². The van der Waals surface area contributed by atoms with Crippen LogP contribution in [0.3, 0.4) is 0 Å². The standard InChI is InChI=1S/C10H15BrN4O2/c1-6(16)5-15(2)10(17)8-3-7(11)4-13-9(8)14-12/h3-4,6,16H,5,12H2,1-2H3,(H,13,14). The molecule has 1 aromatic rings. The van der Waals surface area contributed by atoms with E-state index in [1.165, 1.54) is 4.90 Å². The summed E-state index contributed by atoms with van der Waals surface area (Å²) in [5.74, 6) is 5.34. The molecule has 0 radical (unpaired) electrons. The molecule has 7 heteroatoms. The van der Waals surface area contributed by atoms with Gasteiger partial charge in [0.2, 0.25) is 0 Å². The van der Waals surface area contributed by atoms with Gasteiger partial charge in [0.25, 0.3) is 5.91 Å². The molecule has 0 aliphatic rings. The Labute approximate surface area is 108 Å². The third-order valence-electron chi connectivity index (χ3n) is 2.11. The van der Waals surface area contributed by atoms with Crippen LogP contribution in [0.4, 0.5) is 5.82 Å². The summed E-state index contributed by atoms with van der Waals surface area (Å²) in [4.78, 5) is 17.5. The van der Waals surface area contributed by atoms with Gasteiger partial charge in [-0.3, -0.25) is 4.79 Å². The summed E-state index contributed by atoms with van der Waals surface area (Å²) >= 11 is 3.24. The molecule has 1 amide bonds. The number of anilines is 1. The van der Waals surface area contributed by atoms with Crippen LogP contribution in [-0.2, 0) is 0 Å². The topological polar surface area (TPSA) is 91.5 Å². The van der Waals surface area contributed by atoms with E-state index in [1.54, 1.807) is 26.2 Å². The molecule has 1 unspecified atom stereocenters. The van der Waals surface area contributed by atoms with Crippen LogP contribution in [0.1, 0.15) is 17.3 Å². The number of carbonyl (C=O) groups is 1. The first-order chi connectivity index (χ1) is 7.95. The molecule has 0 fully saturated rings. The lowest BCUT2D eigenvalue weighted by molar-refractivity contribution is 0.0704. The maximum Gasteiger partial charge on any atom is 0.257 e. The van der Waals surface area contributed by atoms with E-state index in [2.05, 4.69) is 26.3 Å². The van der Waals surface area contributed by atoms with Crippen molar-refractivity contribution in [1.82, 2.24) is 9.88 Å². The van der Waals surface area contributed by atoms with E-state index >= 15 is 0 Å². The molecule has 94 valence electrons. The third-order valence-corrected chi connectivity index (χ3v) is 2.54. The molecule has 1 aromatic heterocycles. The fourth-order valence-corrected chi connectivity index (χ4v) is 1.73. The van der Waals surface area contributed by atoms with Gasteiger partial charge in [-0.15, -0.1) is 0 Å². The summed E-state index contributed by atoms with van der Waals surface area (Å²) in [6.45, 7) is 1.86. The number of pyridine rings is 1. The average molecular weight is 303 g/mol. The predicted octanol–water partition coefficient (Wildman–Crippen LogP) is 0.583. The van der Waals surface area contributed by atoms with Gasteiger partial charge in [0.15, 0.2) is 5.82 Å². The molecule has 0 spiro atoms. The number of aromatic nitrogens is 1. The number of likely N-dealkylation sites (N-methyl/N-ethyl adjacent to an activating group) is 1. The van der Waals surface area contributed by atoms with Gasteiger partial charge in [0.05, 0.1) is 11.7 Å². The van der Waals surface area contributed by atoms with E-state index in [9.17, 15) is 9.90 Å². The molecule has 1 heterocycles. The van der Waals surface area contributed by atoms with Crippen molar-refractivity contribution >= 4 is 27.7 Å². The molecular formula is C10H15BrN4O2. The van der Waals surface area contributed by atoms with E-state index in [4.69, 9.17) is 5.84 Å². The lowest BCUT2D eigenvalue weighted by Gasteiger charge is -2.19. The maximum absolute atomic E-state index is 12.1. The highest BCUT2D eigenvalue weighted by Gasteiger charge is 2.18. The number of rotatable bonds is 4. The highest BCUT2D eigenvalue weighted by atomic mass is 79.9. The summed E-state index contributed by atoms with van der Waals surface area (Å²) in [6.07, 6.45) is 0.957. The number of nitrogens with one attached hydrogen (secondary N) is 1. The minimum absolute atomic E-state index is 0.245. The van der Waals surface area contributed by atoms with E-state index in [0.717, 1.165) is 0 Å². The van der Waals surface area contributed by atoms with Gasteiger partial charge in [-0.25, -0.2) is 10.8 Å². The fraction of sp³-hybridized carbons (Fsp3) is 0.400. The zero-order chi connectivity index (χ0) is 13.0. The van der Waals surface area contributed by atoms with Crippen LogP contribution in [0.15, 0.2) is 16.7 Å². The molecule has 0 aromatic carbocycles. The molecule has 4 N–H and O–H groups in total. The van der Waals surface area contributed by atoms with Crippen LogP contribution < -0.4 is 11.3 Å². The first kappa shape index (κ1) is 13.9. The third kappa shape index (κ3) is 3.65. The average Bonchev–Trinajstić information content (AvgIpc) is 2.27. The summed E-state index contributed by atoms with van der Waals surface area (Å²) in [6, 6.07) is 1.63. The Balaban J connectivity index is 2.98. The number of hydrogen-bond donors (Lipinski definition) is 3. The highest BCUT2D eigenvalue weighted by Crippen LogP contribution is 2.18. The summed E-state index contributed by atoms with van der Waals surface area (Å²) in [7, 11) is 1.61. The Kier molecular flexibility index (Phi) is 4.86. The van der Waals surface area contributed by atoms with Crippen LogP contribution in [0.2, 0.25) is 0 Å². The molecule has 17 heavy (non-hydrogen) atoms. The largest absolute Gasteiger partial charge is 0.392 e. The van der Waals surface area contributed by atoms with E-state index in [0.29, 0.717) is 15.9 Å². The molecule has 0 aliphatic carbocycles.